The number of aromatic nitrogens is 1. The maximum absolute atomic E-state index is 14.7. The number of carbonyl (C=O) groups is 2. The lowest BCUT2D eigenvalue weighted by molar-refractivity contribution is -0.127. The standard InChI is InChI=1S/C44H47N4O2P/c1-5-30-29-48-27-25-31(30)28-38(48)40(35-24-26-45-37-22-14-12-20-34(35)37)46-43(50)41(44(2,3)4)47-42(49)36-21-13-15-23-39(36)51(32-16-8-6-9-17-32)33-18-10-7-11-19-33/h5-24,26,30-31,38,40-41H,1,25,27-29H2,2-4H3,(H,46,50)(H,47,49)/t30?,31?,38?,40-,41?/m0/s1. The van der Waals surface area contributed by atoms with Crippen LogP contribution in [0.3, 0.4) is 0 Å². The largest absolute Gasteiger partial charge is 0.346 e. The molecule has 4 aromatic carbocycles. The van der Waals surface area contributed by atoms with E-state index in [2.05, 4.69) is 75.6 Å². The van der Waals surface area contributed by atoms with Crippen LogP contribution >= 0.6 is 7.92 Å². The summed E-state index contributed by atoms with van der Waals surface area (Å²) in [5, 5.41) is 11.1. The third-order valence-electron chi connectivity index (χ3n) is 10.7. The Morgan fingerprint density at radius 1 is 0.863 bits per heavy atom. The van der Waals surface area contributed by atoms with Gasteiger partial charge in [0.25, 0.3) is 5.91 Å². The van der Waals surface area contributed by atoms with Gasteiger partial charge >= 0.3 is 0 Å². The lowest BCUT2D eigenvalue weighted by atomic mass is 9.73. The Hall–Kier alpha value is -4.64. The number of carbonyl (C=O) groups excluding carboxylic acids is 2. The second-order valence-corrected chi connectivity index (χ2v) is 17.1. The molecular weight excluding hydrogens is 647 g/mol. The predicted molar refractivity (Wildman–Crippen MR) is 210 cm³/mol. The minimum Gasteiger partial charge on any atom is -0.346 e. The molecular formula is C44H47N4O2P. The van der Waals surface area contributed by atoms with Gasteiger partial charge in [-0.25, -0.2) is 0 Å². The molecule has 3 saturated heterocycles. The molecule has 2 amide bonds. The Kier molecular flexibility index (Phi) is 10.2. The summed E-state index contributed by atoms with van der Waals surface area (Å²) in [5.74, 6) is 0.555. The second-order valence-electron chi connectivity index (χ2n) is 14.9. The highest BCUT2D eigenvalue weighted by atomic mass is 31.1. The van der Waals surface area contributed by atoms with Crippen molar-refractivity contribution in [1.29, 1.82) is 0 Å². The second kappa shape index (κ2) is 14.9. The van der Waals surface area contributed by atoms with Crippen LogP contribution in [0, 0.1) is 17.3 Å². The molecule has 3 fully saturated rings. The Morgan fingerprint density at radius 2 is 1.51 bits per heavy atom. The van der Waals surface area contributed by atoms with Crippen molar-refractivity contribution in [3.05, 3.63) is 145 Å². The SMILES string of the molecule is C=CC1CN2CCC1CC2[C@@H](NC(=O)C(NC(=O)c1ccccc1P(c1ccccc1)c1ccccc1)C(C)(C)C)c1ccnc2ccccc12. The van der Waals surface area contributed by atoms with E-state index in [1.165, 1.54) is 0 Å². The minimum atomic E-state index is -1.03. The first-order valence-electron chi connectivity index (χ1n) is 18.0. The maximum atomic E-state index is 14.7. The molecule has 1 aromatic heterocycles. The minimum absolute atomic E-state index is 0.118. The van der Waals surface area contributed by atoms with Crippen LogP contribution in [0.25, 0.3) is 10.9 Å². The van der Waals surface area contributed by atoms with Crippen LogP contribution in [0.4, 0.5) is 0 Å². The van der Waals surface area contributed by atoms with E-state index in [1.807, 2.05) is 99.8 Å². The van der Waals surface area contributed by atoms with Crippen molar-refractivity contribution in [1.82, 2.24) is 20.5 Å². The zero-order chi connectivity index (χ0) is 35.5. The zero-order valence-corrected chi connectivity index (χ0v) is 30.6. The molecule has 8 rings (SSSR count). The molecule has 6 atom stereocenters. The van der Waals surface area contributed by atoms with Crippen LogP contribution in [0.1, 0.15) is 55.6 Å². The van der Waals surface area contributed by atoms with Gasteiger partial charge in [0, 0.05) is 29.7 Å². The summed E-state index contributed by atoms with van der Waals surface area (Å²) in [4.78, 5) is 36.4. The van der Waals surface area contributed by atoms with Crippen LogP contribution in [0.15, 0.2) is 134 Å². The molecule has 0 radical (unpaired) electrons. The number of piperidine rings is 3. The average molecular weight is 695 g/mol. The van der Waals surface area contributed by atoms with E-state index < -0.39 is 19.4 Å². The number of fused-ring (bicyclic) bond motifs is 4. The van der Waals surface area contributed by atoms with Crippen molar-refractivity contribution >= 4 is 46.6 Å². The summed E-state index contributed by atoms with van der Waals surface area (Å²) in [6.45, 7) is 12.1. The molecule has 0 saturated carbocycles. The first kappa shape index (κ1) is 34.8. The maximum Gasteiger partial charge on any atom is 0.252 e. The molecule has 4 heterocycles. The number of hydrogen-bond donors (Lipinski definition) is 2. The molecule has 51 heavy (non-hydrogen) atoms. The van der Waals surface area contributed by atoms with Gasteiger partial charge in [-0.1, -0.05) is 124 Å². The lowest BCUT2D eigenvalue weighted by Crippen LogP contribution is -2.60. The van der Waals surface area contributed by atoms with Gasteiger partial charge in [0.15, 0.2) is 0 Å². The summed E-state index contributed by atoms with van der Waals surface area (Å²) >= 11 is 0. The number of amides is 2. The first-order chi connectivity index (χ1) is 24.7. The van der Waals surface area contributed by atoms with Gasteiger partial charge in [-0.15, -0.1) is 6.58 Å². The van der Waals surface area contributed by atoms with Crippen molar-refractivity contribution in [3.63, 3.8) is 0 Å². The van der Waals surface area contributed by atoms with Crippen molar-refractivity contribution in [2.45, 2.75) is 51.7 Å². The highest BCUT2D eigenvalue weighted by Crippen LogP contribution is 2.42. The predicted octanol–water partition coefficient (Wildman–Crippen LogP) is 6.89. The summed E-state index contributed by atoms with van der Waals surface area (Å²) in [6.07, 6.45) is 6.06. The number of para-hydroxylation sites is 1. The molecule has 2 bridgehead atoms. The molecule has 5 aromatic rings. The number of rotatable bonds is 10. The molecule has 7 heteroatoms. The van der Waals surface area contributed by atoms with Crippen LogP contribution in [-0.4, -0.2) is 46.9 Å². The van der Waals surface area contributed by atoms with Crippen molar-refractivity contribution in [2.75, 3.05) is 13.1 Å². The van der Waals surface area contributed by atoms with Crippen LogP contribution in [0.2, 0.25) is 0 Å². The average Bonchev–Trinajstić information content (AvgIpc) is 3.16. The number of pyridine rings is 1. The van der Waals surface area contributed by atoms with Gasteiger partial charge in [0.05, 0.1) is 11.6 Å². The summed E-state index contributed by atoms with van der Waals surface area (Å²) in [6, 6.07) is 37.8. The van der Waals surface area contributed by atoms with Gasteiger partial charge in [-0.3, -0.25) is 19.5 Å². The first-order valence-corrected chi connectivity index (χ1v) is 19.4. The van der Waals surface area contributed by atoms with Crippen LogP contribution in [0.5, 0.6) is 0 Å². The van der Waals surface area contributed by atoms with Gasteiger partial charge in [-0.2, -0.15) is 0 Å². The number of benzene rings is 4. The van der Waals surface area contributed by atoms with Crippen molar-refractivity contribution < 1.29 is 9.59 Å². The highest BCUT2D eigenvalue weighted by molar-refractivity contribution is 7.80. The van der Waals surface area contributed by atoms with E-state index in [-0.39, 0.29) is 23.9 Å². The Labute approximate surface area is 303 Å². The third-order valence-corrected chi connectivity index (χ3v) is 13.2. The quantitative estimate of drug-likeness (QED) is 0.123. The van der Waals surface area contributed by atoms with E-state index in [0.717, 1.165) is 58.3 Å². The smallest absolute Gasteiger partial charge is 0.252 e. The number of nitrogens with one attached hydrogen (secondary N) is 2. The fraction of sp³-hybridized carbons (Fsp3) is 0.295. The van der Waals surface area contributed by atoms with Crippen molar-refractivity contribution in [3.8, 4) is 0 Å². The molecule has 2 N–H and O–H groups in total. The Balaban J connectivity index is 1.22. The third kappa shape index (κ3) is 7.26. The summed E-state index contributed by atoms with van der Waals surface area (Å²) in [5.41, 5.74) is 1.98. The van der Waals surface area contributed by atoms with E-state index >= 15 is 0 Å². The Morgan fingerprint density at radius 3 is 2.16 bits per heavy atom. The molecule has 0 aliphatic carbocycles. The van der Waals surface area contributed by atoms with Gasteiger partial charge < -0.3 is 10.6 Å². The van der Waals surface area contributed by atoms with Crippen molar-refractivity contribution in [2.24, 2.45) is 17.3 Å². The summed E-state index contributed by atoms with van der Waals surface area (Å²) < 4.78 is 0. The van der Waals surface area contributed by atoms with Crippen LogP contribution < -0.4 is 26.5 Å². The fourth-order valence-electron chi connectivity index (χ4n) is 8.06. The zero-order valence-electron chi connectivity index (χ0n) is 29.7. The lowest BCUT2D eigenvalue weighted by Gasteiger charge is -2.52. The van der Waals surface area contributed by atoms with Crippen LogP contribution in [-0.2, 0) is 4.79 Å². The fourth-order valence-corrected chi connectivity index (χ4v) is 10.5. The van der Waals surface area contributed by atoms with E-state index in [1.54, 1.807) is 0 Å². The molecule has 3 aliphatic heterocycles. The van der Waals surface area contributed by atoms with E-state index in [4.69, 9.17) is 0 Å². The topological polar surface area (TPSA) is 74.3 Å². The van der Waals surface area contributed by atoms with Gasteiger partial charge in [0.2, 0.25) is 5.91 Å². The van der Waals surface area contributed by atoms with E-state index in [0.29, 0.717) is 17.4 Å². The molecule has 5 unspecified atom stereocenters. The number of nitrogens with zero attached hydrogens (tertiary/aromatic N) is 2. The highest BCUT2D eigenvalue weighted by Gasteiger charge is 2.44. The van der Waals surface area contributed by atoms with Gasteiger partial charge in [-0.05, 0) is 84.2 Å². The molecule has 0 spiro atoms. The number of hydrogen-bond acceptors (Lipinski definition) is 4. The molecule has 6 nitrogen and oxygen atoms in total. The normalized spacial score (nSPS) is 21.2. The molecule has 3 aliphatic rings. The molecule has 260 valence electrons. The summed E-state index contributed by atoms with van der Waals surface area (Å²) in [7, 11) is -1.03. The van der Waals surface area contributed by atoms with E-state index in [9.17, 15) is 9.59 Å². The Bertz CT molecular complexity index is 1970. The monoisotopic (exact) mass is 694 g/mol. The van der Waals surface area contributed by atoms with Gasteiger partial charge in [0.1, 0.15) is 6.04 Å².